The van der Waals surface area contributed by atoms with Crippen LogP contribution in [0.3, 0.4) is 0 Å². The van der Waals surface area contributed by atoms with E-state index in [1.165, 1.54) is 5.69 Å². The molecule has 1 unspecified atom stereocenters. The van der Waals surface area contributed by atoms with Gasteiger partial charge in [0.1, 0.15) is 0 Å². The average molecular weight is 468 g/mol. The number of hydrogen-bond acceptors (Lipinski definition) is 5. The van der Waals surface area contributed by atoms with E-state index in [1.807, 2.05) is 12.1 Å². The molecular weight excluding hydrogens is 434 g/mol. The SMILES string of the molecule is NCCCCCCN1N=C(c2ccc(N3C=CCC3)cc2)CC(c2ccc3cccnc3c2)C1=O. The van der Waals surface area contributed by atoms with Crippen LogP contribution in [-0.2, 0) is 4.79 Å². The number of anilines is 1. The number of hydrazone groups is 1. The van der Waals surface area contributed by atoms with Gasteiger partial charge in [0.15, 0.2) is 0 Å². The van der Waals surface area contributed by atoms with Crippen LogP contribution in [0, 0.1) is 0 Å². The molecule has 35 heavy (non-hydrogen) atoms. The van der Waals surface area contributed by atoms with Crippen molar-refractivity contribution in [1.82, 2.24) is 9.99 Å². The van der Waals surface area contributed by atoms with Gasteiger partial charge in [0.2, 0.25) is 0 Å². The lowest BCUT2D eigenvalue weighted by Gasteiger charge is -2.30. The van der Waals surface area contributed by atoms with Crippen LogP contribution in [0.1, 0.15) is 55.6 Å². The number of rotatable bonds is 9. The molecular formula is C29H33N5O. The summed E-state index contributed by atoms with van der Waals surface area (Å²) in [6, 6.07) is 18.7. The largest absolute Gasteiger partial charge is 0.348 e. The molecule has 6 nitrogen and oxygen atoms in total. The maximum absolute atomic E-state index is 13.6. The highest BCUT2D eigenvalue weighted by Gasteiger charge is 2.32. The van der Waals surface area contributed by atoms with Gasteiger partial charge < -0.3 is 10.6 Å². The molecule has 2 N–H and O–H groups in total. The molecule has 3 heterocycles. The fourth-order valence-corrected chi connectivity index (χ4v) is 4.90. The summed E-state index contributed by atoms with van der Waals surface area (Å²) < 4.78 is 0. The molecule has 0 saturated heterocycles. The van der Waals surface area contributed by atoms with Crippen LogP contribution in [0.15, 0.2) is 78.2 Å². The zero-order chi connectivity index (χ0) is 24.0. The van der Waals surface area contributed by atoms with E-state index in [-0.39, 0.29) is 11.8 Å². The van der Waals surface area contributed by atoms with E-state index in [9.17, 15) is 4.79 Å². The van der Waals surface area contributed by atoms with Crippen molar-refractivity contribution in [3.05, 3.63) is 84.2 Å². The number of nitrogens with two attached hydrogens (primary N) is 1. The Bertz CT molecular complexity index is 1230. The van der Waals surface area contributed by atoms with Gasteiger partial charge >= 0.3 is 0 Å². The van der Waals surface area contributed by atoms with Gasteiger partial charge in [-0.3, -0.25) is 9.78 Å². The van der Waals surface area contributed by atoms with E-state index >= 15 is 0 Å². The topological polar surface area (TPSA) is 74.8 Å². The Morgan fingerprint density at radius 1 is 1.00 bits per heavy atom. The predicted octanol–water partition coefficient (Wildman–Crippen LogP) is 5.20. The van der Waals surface area contributed by atoms with Crippen molar-refractivity contribution in [3.8, 4) is 0 Å². The highest BCUT2D eigenvalue weighted by Crippen LogP contribution is 2.31. The van der Waals surface area contributed by atoms with Crippen molar-refractivity contribution in [2.24, 2.45) is 10.8 Å². The quantitative estimate of drug-likeness (QED) is 0.439. The summed E-state index contributed by atoms with van der Waals surface area (Å²) in [5.74, 6) is -0.194. The smallest absolute Gasteiger partial charge is 0.250 e. The van der Waals surface area contributed by atoms with Crippen LogP contribution in [0.25, 0.3) is 10.9 Å². The van der Waals surface area contributed by atoms with Gasteiger partial charge in [-0.2, -0.15) is 5.10 Å². The van der Waals surface area contributed by atoms with Gasteiger partial charge in [-0.1, -0.05) is 49.2 Å². The summed E-state index contributed by atoms with van der Waals surface area (Å²) in [7, 11) is 0. The van der Waals surface area contributed by atoms with Crippen molar-refractivity contribution in [2.45, 2.75) is 44.4 Å². The number of carbonyl (C=O) groups excluding carboxylic acids is 1. The highest BCUT2D eigenvalue weighted by atomic mass is 16.2. The van der Waals surface area contributed by atoms with Gasteiger partial charge in [0.05, 0.1) is 17.1 Å². The molecule has 6 heteroatoms. The fraction of sp³-hybridized carbons (Fsp3) is 0.345. The van der Waals surface area contributed by atoms with Gasteiger partial charge in [-0.25, -0.2) is 5.01 Å². The number of unbranched alkanes of at least 4 members (excludes halogenated alkanes) is 3. The van der Waals surface area contributed by atoms with E-state index in [0.717, 1.165) is 66.4 Å². The first-order valence-corrected chi connectivity index (χ1v) is 12.7. The Kier molecular flexibility index (Phi) is 7.19. The van der Waals surface area contributed by atoms with Gasteiger partial charge in [-0.15, -0.1) is 0 Å². The molecule has 1 amide bonds. The van der Waals surface area contributed by atoms with Crippen molar-refractivity contribution >= 4 is 28.2 Å². The number of amides is 1. The minimum Gasteiger partial charge on any atom is -0.348 e. The Morgan fingerprint density at radius 3 is 2.66 bits per heavy atom. The lowest BCUT2D eigenvalue weighted by Crippen LogP contribution is -2.38. The maximum atomic E-state index is 13.6. The van der Waals surface area contributed by atoms with Crippen LogP contribution < -0.4 is 10.6 Å². The van der Waals surface area contributed by atoms with Crippen LogP contribution in [0.2, 0.25) is 0 Å². The molecule has 1 atom stereocenters. The molecule has 0 aliphatic carbocycles. The van der Waals surface area contributed by atoms with E-state index in [2.05, 4.69) is 64.6 Å². The number of pyridine rings is 1. The van der Waals surface area contributed by atoms with Crippen molar-refractivity contribution in [2.75, 3.05) is 24.5 Å². The molecule has 0 radical (unpaired) electrons. The van der Waals surface area contributed by atoms with Crippen molar-refractivity contribution in [1.29, 1.82) is 0 Å². The minimum atomic E-state index is -0.265. The van der Waals surface area contributed by atoms with Crippen molar-refractivity contribution < 1.29 is 4.79 Å². The van der Waals surface area contributed by atoms with E-state index < -0.39 is 0 Å². The zero-order valence-corrected chi connectivity index (χ0v) is 20.1. The average Bonchev–Trinajstić information content (AvgIpc) is 3.44. The molecule has 0 fully saturated rings. The number of nitrogens with zero attached hydrogens (tertiary/aromatic N) is 4. The molecule has 0 spiro atoms. The number of aromatic nitrogens is 1. The lowest BCUT2D eigenvalue weighted by molar-refractivity contribution is -0.133. The molecule has 5 rings (SSSR count). The molecule has 2 aromatic carbocycles. The summed E-state index contributed by atoms with van der Waals surface area (Å²) in [5.41, 5.74) is 10.8. The Morgan fingerprint density at radius 2 is 1.86 bits per heavy atom. The van der Waals surface area contributed by atoms with Crippen LogP contribution in [-0.4, -0.2) is 41.2 Å². The summed E-state index contributed by atoms with van der Waals surface area (Å²) >= 11 is 0. The van der Waals surface area contributed by atoms with Crippen LogP contribution in [0.4, 0.5) is 5.69 Å². The zero-order valence-electron chi connectivity index (χ0n) is 20.1. The molecule has 180 valence electrons. The standard InChI is InChI=1S/C29H33N5O/c30-15-3-1-2-4-19-34-29(35)26(24-10-9-22-8-7-16-31-27(22)20-24)21-28(32-34)23-11-13-25(14-12-23)33-17-5-6-18-33/h5,7-14,16-17,20,26H,1-4,6,15,18-19,21,30H2. The van der Waals surface area contributed by atoms with Crippen LogP contribution >= 0.6 is 0 Å². The van der Waals surface area contributed by atoms with Gasteiger partial charge in [-0.05, 0) is 61.2 Å². The summed E-state index contributed by atoms with van der Waals surface area (Å²) in [4.78, 5) is 20.3. The van der Waals surface area contributed by atoms with Crippen molar-refractivity contribution in [3.63, 3.8) is 0 Å². The number of hydrogen-bond donors (Lipinski definition) is 1. The van der Waals surface area contributed by atoms with Crippen LogP contribution in [0.5, 0.6) is 0 Å². The third-order valence-electron chi connectivity index (χ3n) is 6.90. The maximum Gasteiger partial charge on any atom is 0.250 e. The highest BCUT2D eigenvalue weighted by molar-refractivity contribution is 6.06. The summed E-state index contributed by atoms with van der Waals surface area (Å²) in [6.45, 7) is 2.36. The second-order valence-electron chi connectivity index (χ2n) is 9.34. The fourth-order valence-electron chi connectivity index (χ4n) is 4.90. The Hall–Kier alpha value is -3.51. The number of fused-ring (bicyclic) bond motifs is 1. The molecule has 0 saturated carbocycles. The Labute approximate surface area is 207 Å². The second kappa shape index (κ2) is 10.8. The predicted molar refractivity (Wildman–Crippen MR) is 142 cm³/mol. The summed E-state index contributed by atoms with van der Waals surface area (Å²) in [6.07, 6.45) is 11.9. The first kappa shape index (κ1) is 23.2. The van der Waals surface area contributed by atoms with E-state index in [0.29, 0.717) is 19.5 Å². The van der Waals surface area contributed by atoms with E-state index in [4.69, 9.17) is 10.8 Å². The third kappa shape index (κ3) is 5.28. The Balaban J connectivity index is 1.41. The molecule has 2 aliphatic heterocycles. The lowest BCUT2D eigenvalue weighted by atomic mass is 9.88. The molecule has 1 aromatic heterocycles. The third-order valence-corrected chi connectivity index (χ3v) is 6.90. The normalized spacial score (nSPS) is 17.9. The molecule has 0 bridgehead atoms. The van der Waals surface area contributed by atoms with E-state index in [1.54, 1.807) is 11.2 Å². The number of benzene rings is 2. The first-order chi connectivity index (χ1) is 17.2. The summed E-state index contributed by atoms with van der Waals surface area (Å²) in [5, 5.41) is 7.63. The first-order valence-electron chi connectivity index (χ1n) is 12.7. The minimum absolute atomic E-state index is 0.0710. The van der Waals surface area contributed by atoms with Gasteiger partial charge in [0, 0.05) is 43.0 Å². The molecule has 2 aliphatic rings. The number of carbonyl (C=O) groups is 1. The van der Waals surface area contributed by atoms with Gasteiger partial charge in [0.25, 0.3) is 5.91 Å². The monoisotopic (exact) mass is 467 g/mol. The molecule has 3 aromatic rings. The second-order valence-corrected chi connectivity index (χ2v) is 9.34.